The molecule has 1 atom stereocenters. The number of rotatable bonds is 5. The van der Waals surface area contributed by atoms with Gasteiger partial charge in [-0.1, -0.05) is 41.1 Å². The summed E-state index contributed by atoms with van der Waals surface area (Å²) < 4.78 is 1.83. The Morgan fingerprint density at radius 2 is 2.00 bits per heavy atom. The normalized spacial score (nSPS) is 12.8. The number of aryl methyl sites for hydroxylation is 1. The Morgan fingerprint density at radius 3 is 2.78 bits per heavy atom. The van der Waals surface area contributed by atoms with Crippen LogP contribution >= 0.6 is 15.9 Å². The first-order valence-corrected chi connectivity index (χ1v) is 7.48. The van der Waals surface area contributed by atoms with Crippen LogP contribution in [-0.4, -0.2) is 9.90 Å². The quantitative estimate of drug-likeness (QED) is 0.770. The average Bonchev–Trinajstić information content (AvgIpc) is 2.39. The number of fused-ring (bicyclic) bond motifs is 1. The Bertz CT molecular complexity index is 576. The van der Waals surface area contributed by atoms with Gasteiger partial charge in [-0.15, -0.1) is 0 Å². The van der Waals surface area contributed by atoms with Crippen LogP contribution in [0.5, 0.6) is 0 Å². The van der Waals surface area contributed by atoms with Crippen LogP contribution in [0.4, 0.5) is 0 Å². The van der Waals surface area contributed by atoms with Gasteiger partial charge in [0.15, 0.2) is 0 Å². The average molecular weight is 308 g/mol. The third kappa shape index (κ3) is 3.02. The van der Waals surface area contributed by atoms with Crippen molar-refractivity contribution < 1.29 is 0 Å². The molecule has 2 rings (SSSR count). The lowest BCUT2D eigenvalue weighted by atomic mass is 10.1. The minimum absolute atomic E-state index is 0.124. The zero-order chi connectivity index (χ0) is 13.0. The van der Waals surface area contributed by atoms with E-state index in [0.29, 0.717) is 5.92 Å². The predicted molar refractivity (Wildman–Crippen MR) is 80.4 cm³/mol. The molecule has 1 unspecified atom stereocenters. The van der Waals surface area contributed by atoms with Crippen LogP contribution in [0.3, 0.4) is 0 Å². The lowest BCUT2D eigenvalue weighted by Gasteiger charge is -2.11. The summed E-state index contributed by atoms with van der Waals surface area (Å²) in [6.45, 7) is 3.03. The van der Waals surface area contributed by atoms with E-state index < -0.39 is 0 Å². The van der Waals surface area contributed by atoms with Crippen LogP contribution in [0.25, 0.3) is 10.8 Å². The number of nitrogens with zero attached hydrogens (tertiary/aromatic N) is 1. The van der Waals surface area contributed by atoms with Gasteiger partial charge >= 0.3 is 0 Å². The van der Waals surface area contributed by atoms with Crippen molar-refractivity contribution in [3.63, 3.8) is 0 Å². The Hall–Kier alpha value is -1.09. The van der Waals surface area contributed by atoms with E-state index in [1.807, 2.05) is 41.1 Å². The van der Waals surface area contributed by atoms with E-state index >= 15 is 0 Å². The molecule has 2 aromatic rings. The molecule has 2 nitrogen and oxygen atoms in total. The molecule has 0 fully saturated rings. The van der Waals surface area contributed by atoms with Crippen LogP contribution in [-0.2, 0) is 6.54 Å². The van der Waals surface area contributed by atoms with E-state index in [-0.39, 0.29) is 5.56 Å². The fraction of sp³-hybridized carbons (Fsp3) is 0.400. The minimum atomic E-state index is 0.124. The summed E-state index contributed by atoms with van der Waals surface area (Å²) in [6.07, 6.45) is 4.11. The zero-order valence-electron chi connectivity index (χ0n) is 10.6. The van der Waals surface area contributed by atoms with Crippen LogP contribution in [0.15, 0.2) is 41.3 Å². The predicted octanol–water partition coefficient (Wildman–Crippen LogP) is 3.81. The Labute approximate surface area is 116 Å². The Kier molecular flexibility index (Phi) is 4.59. The molecule has 96 valence electrons. The maximum absolute atomic E-state index is 12.3. The molecule has 0 amide bonds. The molecule has 0 aliphatic heterocycles. The molecule has 18 heavy (non-hydrogen) atoms. The highest BCUT2D eigenvalue weighted by molar-refractivity contribution is 9.09. The van der Waals surface area contributed by atoms with Crippen molar-refractivity contribution in [2.24, 2.45) is 5.92 Å². The van der Waals surface area contributed by atoms with Gasteiger partial charge in [0.1, 0.15) is 0 Å². The maximum Gasteiger partial charge on any atom is 0.258 e. The highest BCUT2D eigenvalue weighted by Gasteiger charge is 2.05. The van der Waals surface area contributed by atoms with Gasteiger partial charge in [-0.2, -0.15) is 0 Å². The summed E-state index contributed by atoms with van der Waals surface area (Å²) in [5, 5.41) is 2.86. The molecule has 1 aromatic carbocycles. The first-order valence-electron chi connectivity index (χ1n) is 6.36. The van der Waals surface area contributed by atoms with Crippen LogP contribution in [0.2, 0.25) is 0 Å². The van der Waals surface area contributed by atoms with Gasteiger partial charge in [0.2, 0.25) is 0 Å². The molecule has 1 heterocycles. The van der Waals surface area contributed by atoms with Crippen molar-refractivity contribution in [2.45, 2.75) is 26.3 Å². The maximum atomic E-state index is 12.3. The van der Waals surface area contributed by atoms with Gasteiger partial charge in [-0.25, -0.2) is 0 Å². The number of hydrogen-bond acceptors (Lipinski definition) is 1. The summed E-state index contributed by atoms with van der Waals surface area (Å²) in [6, 6.07) is 9.78. The van der Waals surface area contributed by atoms with Gasteiger partial charge in [0.05, 0.1) is 0 Å². The lowest BCUT2D eigenvalue weighted by Crippen LogP contribution is -2.20. The second kappa shape index (κ2) is 6.19. The standard InChI is InChI=1S/C15H18BrNO/c1-12(6-9-16)7-10-17-11-8-13-4-2-3-5-14(13)15(17)18/h2-5,8,11-12H,6-7,9-10H2,1H3. The van der Waals surface area contributed by atoms with E-state index in [0.717, 1.165) is 35.5 Å². The number of halogens is 1. The zero-order valence-corrected chi connectivity index (χ0v) is 12.2. The summed E-state index contributed by atoms with van der Waals surface area (Å²) in [5.74, 6) is 0.641. The number of pyridine rings is 1. The highest BCUT2D eigenvalue weighted by atomic mass is 79.9. The molecule has 0 aliphatic rings. The second-order valence-corrected chi connectivity index (χ2v) is 5.57. The molecule has 0 bridgehead atoms. The van der Waals surface area contributed by atoms with Crippen molar-refractivity contribution in [3.8, 4) is 0 Å². The molecule has 0 spiro atoms. The third-order valence-electron chi connectivity index (χ3n) is 3.35. The largest absolute Gasteiger partial charge is 0.315 e. The molecule has 0 radical (unpaired) electrons. The number of aromatic nitrogens is 1. The summed E-state index contributed by atoms with van der Waals surface area (Å²) in [7, 11) is 0. The van der Waals surface area contributed by atoms with Crippen molar-refractivity contribution in [3.05, 3.63) is 46.9 Å². The molecule has 0 saturated carbocycles. The first kappa shape index (κ1) is 13.3. The Morgan fingerprint density at radius 1 is 1.22 bits per heavy atom. The van der Waals surface area contributed by atoms with Crippen molar-refractivity contribution in [1.82, 2.24) is 4.57 Å². The molecule has 0 saturated heterocycles. The second-order valence-electron chi connectivity index (χ2n) is 4.77. The fourth-order valence-corrected chi connectivity index (χ4v) is 2.88. The smallest absolute Gasteiger partial charge is 0.258 e. The van der Waals surface area contributed by atoms with E-state index in [4.69, 9.17) is 0 Å². The van der Waals surface area contributed by atoms with Crippen LogP contribution in [0.1, 0.15) is 19.8 Å². The number of benzene rings is 1. The van der Waals surface area contributed by atoms with E-state index in [1.54, 1.807) is 0 Å². The van der Waals surface area contributed by atoms with Gasteiger partial charge in [-0.3, -0.25) is 4.79 Å². The van der Waals surface area contributed by atoms with Gasteiger partial charge in [-0.05, 0) is 36.3 Å². The van der Waals surface area contributed by atoms with Crippen molar-refractivity contribution in [2.75, 3.05) is 5.33 Å². The number of hydrogen-bond donors (Lipinski definition) is 0. The molecule has 0 aliphatic carbocycles. The van der Waals surface area contributed by atoms with Crippen molar-refractivity contribution in [1.29, 1.82) is 0 Å². The van der Waals surface area contributed by atoms with E-state index in [9.17, 15) is 4.79 Å². The number of alkyl halides is 1. The SMILES string of the molecule is CC(CCBr)CCn1ccc2ccccc2c1=O. The first-order chi connectivity index (χ1) is 8.72. The fourth-order valence-electron chi connectivity index (χ4n) is 2.10. The Balaban J connectivity index is 2.19. The topological polar surface area (TPSA) is 22.0 Å². The lowest BCUT2D eigenvalue weighted by molar-refractivity contribution is 0.467. The van der Waals surface area contributed by atoms with Crippen molar-refractivity contribution >= 4 is 26.7 Å². The summed E-state index contributed by atoms with van der Waals surface area (Å²) in [4.78, 5) is 12.3. The third-order valence-corrected chi connectivity index (χ3v) is 3.81. The summed E-state index contributed by atoms with van der Waals surface area (Å²) in [5.41, 5.74) is 0.124. The highest BCUT2D eigenvalue weighted by Crippen LogP contribution is 2.12. The van der Waals surface area contributed by atoms with Crippen LogP contribution < -0.4 is 5.56 Å². The summed E-state index contributed by atoms with van der Waals surface area (Å²) >= 11 is 3.45. The van der Waals surface area contributed by atoms with E-state index in [1.165, 1.54) is 0 Å². The molecular weight excluding hydrogens is 290 g/mol. The minimum Gasteiger partial charge on any atom is -0.315 e. The molecule has 3 heteroatoms. The van der Waals surface area contributed by atoms with Crippen LogP contribution in [0, 0.1) is 5.92 Å². The van der Waals surface area contributed by atoms with Gasteiger partial charge < -0.3 is 4.57 Å². The monoisotopic (exact) mass is 307 g/mol. The molecule has 0 N–H and O–H groups in total. The molecular formula is C15H18BrNO. The molecule has 1 aromatic heterocycles. The van der Waals surface area contributed by atoms with Gasteiger partial charge in [0, 0.05) is 23.5 Å². The van der Waals surface area contributed by atoms with E-state index in [2.05, 4.69) is 22.9 Å². The van der Waals surface area contributed by atoms with Gasteiger partial charge in [0.25, 0.3) is 5.56 Å².